The summed E-state index contributed by atoms with van der Waals surface area (Å²) in [6.07, 6.45) is 13.9. The van der Waals surface area contributed by atoms with Crippen LogP contribution in [0.4, 0.5) is 0 Å². The molecule has 0 amide bonds. The Morgan fingerprint density at radius 3 is 0.791 bits per heavy atom. The summed E-state index contributed by atoms with van der Waals surface area (Å²) in [5.41, 5.74) is 5.36. The molecule has 3 aliphatic rings. The summed E-state index contributed by atoms with van der Waals surface area (Å²) in [7, 11) is 0. The number of benzene rings is 4. The molecule has 2 radical (unpaired) electrons. The molecule has 0 bridgehead atoms. The molecule has 0 saturated carbocycles. The normalized spacial score (nSPS) is 14.1. The molecule has 2 nitrogen and oxygen atoms in total. The van der Waals surface area contributed by atoms with E-state index in [1.807, 2.05) is 30.7 Å². The van der Waals surface area contributed by atoms with Crippen LogP contribution in [0.3, 0.4) is 0 Å². The van der Waals surface area contributed by atoms with E-state index in [4.69, 9.17) is 9.47 Å². The molecule has 43 heavy (non-hydrogen) atoms. The van der Waals surface area contributed by atoms with Crippen molar-refractivity contribution >= 4 is 28.0 Å². The van der Waals surface area contributed by atoms with Crippen molar-refractivity contribution in [2.45, 2.75) is 25.7 Å². The fourth-order valence-corrected chi connectivity index (χ4v) is 5.46. The zero-order valence-electron chi connectivity index (χ0n) is 26.0. The van der Waals surface area contributed by atoms with Crippen molar-refractivity contribution in [2.24, 2.45) is 0 Å². The second-order valence-electron chi connectivity index (χ2n) is 10.1. The first-order valence-corrected chi connectivity index (χ1v) is 14.6. The quantitative estimate of drug-likeness (QED) is 0.187. The number of hydrogen-bond donors (Lipinski definition) is 0. The van der Waals surface area contributed by atoms with Gasteiger partial charge in [0.05, 0.1) is 0 Å². The largest absolute Gasteiger partial charge is 3.00 e. The van der Waals surface area contributed by atoms with E-state index in [1.54, 1.807) is 0 Å². The Balaban J connectivity index is 0.000000419. The summed E-state index contributed by atoms with van der Waals surface area (Å²) in [6, 6.07) is 43.5. The summed E-state index contributed by atoms with van der Waals surface area (Å²) >= 11 is 0. The molecule has 4 aromatic rings. The van der Waals surface area contributed by atoms with Gasteiger partial charge in [-0.25, -0.2) is 0 Å². The first-order chi connectivity index (χ1) is 19.9. The van der Waals surface area contributed by atoms with Crippen molar-refractivity contribution in [3.05, 3.63) is 167 Å². The third kappa shape index (κ3) is 11.6. The van der Waals surface area contributed by atoms with Crippen molar-refractivity contribution in [3.63, 3.8) is 0 Å². The number of hydrogen-bond acceptors (Lipinski definition) is 2. The summed E-state index contributed by atoms with van der Waals surface area (Å²) in [4.78, 5) is 0. The van der Waals surface area contributed by atoms with Gasteiger partial charge >= 0.3 is 21.7 Å². The van der Waals surface area contributed by atoms with Crippen molar-refractivity contribution in [1.82, 2.24) is 0 Å². The fraction of sp³-hybridized carbons (Fsp3) is 0.205. The Morgan fingerprint density at radius 2 is 0.628 bits per heavy atom. The molecule has 222 valence electrons. The molecule has 2 aliphatic heterocycles. The minimum absolute atomic E-state index is 0. The maximum atomic E-state index is 4.94. The van der Waals surface area contributed by atoms with Crippen LogP contribution in [0, 0.1) is 21.3 Å². The Kier molecular flexibility index (Phi) is 20.0. The molecule has 0 atom stereocenters. The van der Waals surface area contributed by atoms with Crippen LogP contribution in [-0.2, 0) is 31.2 Å². The summed E-state index contributed by atoms with van der Waals surface area (Å²) < 4.78 is 9.89. The van der Waals surface area contributed by atoms with Crippen LogP contribution in [0.5, 0.6) is 0 Å². The van der Waals surface area contributed by atoms with Gasteiger partial charge in [0, 0.05) is 32.8 Å². The van der Waals surface area contributed by atoms with Gasteiger partial charge in [0.1, 0.15) is 6.15 Å². The average Bonchev–Trinajstić information content (AvgIpc) is 3.88. The second kappa shape index (κ2) is 22.6. The van der Waals surface area contributed by atoms with Crippen LogP contribution in [-0.4, -0.2) is 32.6 Å². The minimum atomic E-state index is -1.22. The second-order valence-corrected chi connectivity index (χ2v) is 10.1. The third-order valence-corrected chi connectivity index (χ3v) is 7.41. The van der Waals surface area contributed by atoms with Gasteiger partial charge in [-0.3, -0.25) is 0 Å². The van der Waals surface area contributed by atoms with Gasteiger partial charge in [0.25, 0.3) is 0 Å². The van der Waals surface area contributed by atoms with E-state index in [0.717, 1.165) is 26.4 Å². The van der Waals surface area contributed by atoms with Crippen molar-refractivity contribution < 1.29 is 31.2 Å². The Bertz CT molecular complexity index is 1060. The molecule has 0 spiro atoms. The maximum absolute atomic E-state index is 4.94. The summed E-state index contributed by atoms with van der Waals surface area (Å²) in [5, 5.41) is 0. The zero-order chi connectivity index (χ0) is 27.6. The van der Waals surface area contributed by atoms with Crippen LogP contribution in [0.15, 0.2) is 146 Å². The van der Waals surface area contributed by atoms with E-state index < -0.39 is 6.15 Å². The summed E-state index contributed by atoms with van der Waals surface area (Å²) in [5.74, 6) is 0. The molecular formula is C39H47BO2Ti. The van der Waals surface area contributed by atoms with Crippen molar-refractivity contribution in [3.8, 4) is 0 Å². The molecule has 2 fully saturated rings. The number of rotatable bonds is 4. The SMILES string of the molecule is C1CCOC1.C1CCOC1.[CH3-].[CH3-].[CH]1C=CC=C1.[Ti+3].c1ccc([B-](c2ccccc2)(c2ccccc2)c2ccccc2)cc1. The standard InChI is InChI=1S/C24H20B.C5H5.2C4H8O.2CH3.Ti/c1-5-13-21(14-6-1)25(22-15-7-2-8-16-22,23-17-9-3-10-18-23)24-19-11-4-12-20-24;3*1-2-4-5-3-1;;;/h1-20H;1-5H;2*1-4H2;2*1H3;/q-1;;;;2*-1;+3. The monoisotopic (exact) mass is 606 g/mol. The zero-order valence-corrected chi connectivity index (χ0v) is 27.5. The molecule has 7 rings (SSSR count). The molecule has 0 aromatic heterocycles. The van der Waals surface area contributed by atoms with Crippen LogP contribution < -0.4 is 21.9 Å². The van der Waals surface area contributed by atoms with Gasteiger partial charge in [0.15, 0.2) is 0 Å². The minimum Gasteiger partial charge on any atom is -0.381 e. The Morgan fingerprint density at radius 1 is 0.372 bits per heavy atom. The van der Waals surface area contributed by atoms with Gasteiger partial charge in [-0.15, -0.1) is 0 Å². The van der Waals surface area contributed by atoms with Crippen molar-refractivity contribution in [1.29, 1.82) is 0 Å². The fourth-order valence-electron chi connectivity index (χ4n) is 5.46. The first kappa shape index (κ1) is 38.1. The van der Waals surface area contributed by atoms with Crippen LogP contribution in [0.2, 0.25) is 0 Å². The van der Waals surface area contributed by atoms with Gasteiger partial charge in [-0.1, -0.05) is 146 Å². The van der Waals surface area contributed by atoms with Crippen LogP contribution >= 0.6 is 0 Å². The number of allylic oxidation sites excluding steroid dienone is 4. The third-order valence-electron chi connectivity index (χ3n) is 7.41. The molecule has 1 aliphatic carbocycles. The number of ether oxygens (including phenoxy) is 2. The van der Waals surface area contributed by atoms with E-state index in [2.05, 4.69) is 121 Å². The van der Waals surface area contributed by atoms with Crippen LogP contribution in [0.1, 0.15) is 25.7 Å². The summed E-state index contributed by atoms with van der Waals surface area (Å²) in [6.45, 7) is 4.00. The van der Waals surface area contributed by atoms with Gasteiger partial charge in [-0.05, 0) is 25.7 Å². The predicted molar refractivity (Wildman–Crippen MR) is 186 cm³/mol. The smallest absolute Gasteiger partial charge is 0.381 e. The van der Waals surface area contributed by atoms with Gasteiger partial charge in [-0.2, -0.15) is 21.9 Å². The molecular weight excluding hydrogens is 559 g/mol. The van der Waals surface area contributed by atoms with E-state index >= 15 is 0 Å². The average molecular weight is 606 g/mol. The van der Waals surface area contributed by atoms with Crippen molar-refractivity contribution in [2.75, 3.05) is 26.4 Å². The molecule has 4 aromatic carbocycles. The molecule has 2 heterocycles. The van der Waals surface area contributed by atoms with E-state index in [9.17, 15) is 0 Å². The van der Waals surface area contributed by atoms with E-state index in [1.165, 1.54) is 47.5 Å². The van der Waals surface area contributed by atoms with Crippen LogP contribution in [0.25, 0.3) is 0 Å². The molecule has 2 saturated heterocycles. The maximum Gasteiger partial charge on any atom is 3.00 e. The molecule has 0 N–H and O–H groups in total. The molecule has 4 heteroatoms. The topological polar surface area (TPSA) is 18.5 Å². The first-order valence-electron chi connectivity index (χ1n) is 14.6. The van der Waals surface area contributed by atoms with Gasteiger partial charge < -0.3 is 24.3 Å². The molecule has 0 unspecified atom stereocenters. The predicted octanol–water partition coefficient (Wildman–Crippen LogP) is 6.87. The van der Waals surface area contributed by atoms with E-state index in [-0.39, 0.29) is 36.6 Å². The Hall–Kier alpha value is -2.94. The Labute approximate surface area is 277 Å². The van der Waals surface area contributed by atoms with E-state index in [0.29, 0.717) is 0 Å². The van der Waals surface area contributed by atoms with Gasteiger partial charge in [0.2, 0.25) is 0 Å².